The molecule has 1 saturated heterocycles. The second-order valence-electron chi connectivity index (χ2n) is 5.47. The molecular weight excluding hydrogens is 264 g/mol. The van der Waals surface area contributed by atoms with Crippen molar-refractivity contribution < 1.29 is 9.53 Å². The Morgan fingerprint density at radius 2 is 1.74 bits per heavy atom. The van der Waals surface area contributed by atoms with Gasteiger partial charge in [-0.2, -0.15) is 0 Å². The van der Waals surface area contributed by atoms with Gasteiger partial charge < -0.3 is 15.0 Å². The van der Waals surface area contributed by atoms with E-state index in [1.54, 1.807) is 0 Å². The highest BCUT2D eigenvalue weighted by Gasteiger charge is 2.25. The molecule has 5 heteroatoms. The minimum Gasteiger partial charge on any atom is -0.365 e. The predicted molar refractivity (Wildman–Crippen MR) is 78.7 cm³/mol. The summed E-state index contributed by atoms with van der Waals surface area (Å²) in [5.74, 6) is 0.167. The van der Waals surface area contributed by atoms with Gasteiger partial charge in [-0.15, -0.1) is 12.4 Å². The van der Waals surface area contributed by atoms with Crippen molar-refractivity contribution in [1.29, 1.82) is 0 Å². The fraction of sp³-hybridized carbons (Fsp3) is 0.929. The molecule has 2 aliphatic rings. The molecule has 1 aliphatic carbocycles. The number of ether oxygens (including phenoxy) is 1. The monoisotopic (exact) mass is 290 g/mol. The van der Waals surface area contributed by atoms with Crippen molar-refractivity contribution >= 4 is 18.3 Å². The Morgan fingerprint density at radius 1 is 1.16 bits per heavy atom. The van der Waals surface area contributed by atoms with Gasteiger partial charge in [0.2, 0.25) is 0 Å². The first-order valence-corrected chi connectivity index (χ1v) is 7.42. The molecule has 0 aromatic rings. The SMILES string of the molecule is CC(OC1CCCCCC1)C(=O)N1CCNCC1.Cl. The van der Waals surface area contributed by atoms with Gasteiger partial charge in [0.05, 0.1) is 6.10 Å². The summed E-state index contributed by atoms with van der Waals surface area (Å²) in [6.07, 6.45) is 7.41. The molecule has 2 fully saturated rings. The van der Waals surface area contributed by atoms with Crippen LogP contribution < -0.4 is 5.32 Å². The molecule has 1 aliphatic heterocycles. The number of hydrogen-bond acceptors (Lipinski definition) is 3. The zero-order valence-electron chi connectivity index (χ0n) is 11.9. The van der Waals surface area contributed by atoms with Crippen LogP contribution in [0.25, 0.3) is 0 Å². The molecule has 1 N–H and O–H groups in total. The smallest absolute Gasteiger partial charge is 0.251 e. The minimum absolute atomic E-state index is 0. The molecule has 1 atom stereocenters. The summed E-state index contributed by atoms with van der Waals surface area (Å²) in [6, 6.07) is 0. The lowest BCUT2D eigenvalue weighted by Crippen LogP contribution is -2.50. The molecule has 1 heterocycles. The van der Waals surface area contributed by atoms with Crippen molar-refractivity contribution in [2.45, 2.75) is 57.7 Å². The number of halogens is 1. The van der Waals surface area contributed by atoms with Crippen molar-refractivity contribution in [3.63, 3.8) is 0 Å². The maximum absolute atomic E-state index is 12.2. The average molecular weight is 291 g/mol. The zero-order valence-corrected chi connectivity index (χ0v) is 12.7. The van der Waals surface area contributed by atoms with Crippen LogP contribution in [0.1, 0.15) is 45.4 Å². The van der Waals surface area contributed by atoms with E-state index in [0.717, 1.165) is 39.0 Å². The lowest BCUT2D eigenvalue weighted by atomic mass is 10.1. The van der Waals surface area contributed by atoms with Crippen LogP contribution in [0, 0.1) is 0 Å². The van der Waals surface area contributed by atoms with Gasteiger partial charge in [0.1, 0.15) is 6.10 Å². The fourth-order valence-electron chi connectivity index (χ4n) is 2.87. The van der Waals surface area contributed by atoms with Crippen molar-refractivity contribution in [2.24, 2.45) is 0 Å². The Hall–Kier alpha value is -0.320. The van der Waals surface area contributed by atoms with E-state index in [2.05, 4.69) is 5.32 Å². The van der Waals surface area contributed by atoms with Crippen LogP contribution in [0.4, 0.5) is 0 Å². The average Bonchev–Trinajstić information content (AvgIpc) is 2.67. The van der Waals surface area contributed by atoms with Crippen LogP contribution in [0.5, 0.6) is 0 Å². The van der Waals surface area contributed by atoms with Crippen molar-refractivity contribution in [3.05, 3.63) is 0 Å². The number of carbonyl (C=O) groups excluding carboxylic acids is 1. The number of nitrogens with zero attached hydrogens (tertiary/aromatic N) is 1. The normalized spacial score (nSPS) is 23.3. The third kappa shape index (κ3) is 5.28. The molecule has 0 spiro atoms. The van der Waals surface area contributed by atoms with Gasteiger partial charge in [-0.3, -0.25) is 4.79 Å². The summed E-state index contributed by atoms with van der Waals surface area (Å²) >= 11 is 0. The van der Waals surface area contributed by atoms with Crippen LogP contribution in [-0.2, 0) is 9.53 Å². The molecule has 1 saturated carbocycles. The van der Waals surface area contributed by atoms with Crippen LogP contribution in [0.15, 0.2) is 0 Å². The zero-order chi connectivity index (χ0) is 12.8. The Kier molecular flexibility index (Phi) is 7.73. The third-order valence-corrected chi connectivity index (χ3v) is 3.98. The second kappa shape index (κ2) is 8.77. The van der Waals surface area contributed by atoms with Gasteiger partial charge >= 0.3 is 0 Å². The van der Waals surface area contributed by atoms with E-state index in [1.165, 1.54) is 25.7 Å². The number of carbonyl (C=O) groups is 1. The van der Waals surface area contributed by atoms with Crippen LogP contribution in [-0.4, -0.2) is 49.2 Å². The standard InChI is InChI=1S/C14H26N2O2.ClH/c1-12(14(17)16-10-8-15-9-11-16)18-13-6-4-2-3-5-7-13;/h12-13,15H,2-11H2,1H3;1H. The second-order valence-corrected chi connectivity index (χ2v) is 5.47. The number of piperazine rings is 1. The maximum Gasteiger partial charge on any atom is 0.251 e. The molecule has 0 bridgehead atoms. The predicted octanol–water partition coefficient (Wildman–Crippen LogP) is 1.97. The summed E-state index contributed by atoms with van der Waals surface area (Å²) in [6.45, 7) is 5.35. The quantitative estimate of drug-likeness (QED) is 0.808. The van der Waals surface area contributed by atoms with Gasteiger partial charge in [0.15, 0.2) is 0 Å². The van der Waals surface area contributed by atoms with E-state index in [-0.39, 0.29) is 24.4 Å². The van der Waals surface area contributed by atoms with E-state index >= 15 is 0 Å². The molecule has 1 unspecified atom stereocenters. The Bertz CT molecular complexity index is 262. The molecule has 0 aromatic carbocycles. The molecule has 4 nitrogen and oxygen atoms in total. The lowest BCUT2D eigenvalue weighted by molar-refractivity contribution is -0.147. The van der Waals surface area contributed by atoms with Crippen LogP contribution in [0.3, 0.4) is 0 Å². The van der Waals surface area contributed by atoms with Crippen molar-refractivity contribution in [2.75, 3.05) is 26.2 Å². The molecule has 0 aromatic heterocycles. The van der Waals surface area contributed by atoms with Gasteiger partial charge in [0.25, 0.3) is 5.91 Å². The van der Waals surface area contributed by atoms with E-state index < -0.39 is 0 Å². The molecule has 0 radical (unpaired) electrons. The topological polar surface area (TPSA) is 41.6 Å². The summed E-state index contributed by atoms with van der Waals surface area (Å²) in [5, 5.41) is 3.26. The third-order valence-electron chi connectivity index (χ3n) is 3.98. The van der Waals surface area contributed by atoms with Crippen molar-refractivity contribution in [1.82, 2.24) is 10.2 Å². The number of hydrogen-bond donors (Lipinski definition) is 1. The van der Waals surface area contributed by atoms with Gasteiger partial charge in [0, 0.05) is 26.2 Å². The first-order chi connectivity index (χ1) is 8.77. The molecule has 112 valence electrons. The van der Waals surface area contributed by atoms with Crippen molar-refractivity contribution in [3.8, 4) is 0 Å². The van der Waals surface area contributed by atoms with E-state index in [9.17, 15) is 4.79 Å². The Morgan fingerprint density at radius 3 is 2.32 bits per heavy atom. The molecule has 1 amide bonds. The van der Waals surface area contributed by atoms with Crippen LogP contribution in [0.2, 0.25) is 0 Å². The molecular formula is C14H27ClN2O2. The maximum atomic E-state index is 12.2. The fourth-order valence-corrected chi connectivity index (χ4v) is 2.87. The first kappa shape index (κ1) is 16.7. The Labute approximate surface area is 122 Å². The highest BCUT2D eigenvalue weighted by molar-refractivity contribution is 5.85. The summed E-state index contributed by atoms with van der Waals surface area (Å²) in [7, 11) is 0. The van der Waals surface area contributed by atoms with E-state index in [1.807, 2.05) is 11.8 Å². The summed E-state index contributed by atoms with van der Waals surface area (Å²) in [5.41, 5.74) is 0. The van der Waals surface area contributed by atoms with Gasteiger partial charge in [-0.05, 0) is 19.8 Å². The molecule has 19 heavy (non-hydrogen) atoms. The van der Waals surface area contributed by atoms with E-state index in [4.69, 9.17) is 4.74 Å². The summed E-state index contributed by atoms with van der Waals surface area (Å²) < 4.78 is 5.97. The highest BCUT2D eigenvalue weighted by atomic mass is 35.5. The summed E-state index contributed by atoms with van der Waals surface area (Å²) in [4.78, 5) is 14.2. The number of nitrogens with one attached hydrogen (secondary N) is 1. The largest absolute Gasteiger partial charge is 0.365 e. The molecule has 2 rings (SSSR count). The lowest BCUT2D eigenvalue weighted by Gasteiger charge is -2.31. The number of amides is 1. The van der Waals surface area contributed by atoms with Gasteiger partial charge in [-0.25, -0.2) is 0 Å². The Balaban J connectivity index is 0.00000180. The highest BCUT2D eigenvalue weighted by Crippen LogP contribution is 2.21. The minimum atomic E-state index is -0.272. The van der Waals surface area contributed by atoms with Gasteiger partial charge in [-0.1, -0.05) is 25.7 Å². The van der Waals surface area contributed by atoms with Crippen LogP contribution >= 0.6 is 12.4 Å². The first-order valence-electron chi connectivity index (χ1n) is 7.42. The number of rotatable bonds is 3. The van der Waals surface area contributed by atoms with E-state index in [0.29, 0.717) is 6.10 Å².